The van der Waals surface area contributed by atoms with Gasteiger partial charge in [0.05, 0.1) is 18.6 Å². The molecule has 1 amide bonds. The first-order valence-electron chi connectivity index (χ1n) is 7.13. The molecule has 1 aromatic heterocycles. The molecule has 4 heteroatoms. The number of para-hydroxylation sites is 1. The van der Waals surface area contributed by atoms with Crippen LogP contribution in [-0.4, -0.2) is 12.0 Å². The molecule has 1 N–H and O–H groups in total. The van der Waals surface area contributed by atoms with Gasteiger partial charge in [0.2, 0.25) is 5.91 Å². The number of rotatable bonds is 6. The Morgan fingerprint density at radius 1 is 1.19 bits per heavy atom. The van der Waals surface area contributed by atoms with Crippen molar-refractivity contribution in [3.63, 3.8) is 0 Å². The van der Waals surface area contributed by atoms with Gasteiger partial charge in [0.15, 0.2) is 0 Å². The molecule has 2 rings (SSSR count). The second-order valence-electron chi connectivity index (χ2n) is 5.25. The Kier molecular flexibility index (Phi) is 5.39. The number of nitrogens with one attached hydrogen (secondary N) is 1. The summed E-state index contributed by atoms with van der Waals surface area (Å²) in [6.07, 6.45) is 0.537. The summed E-state index contributed by atoms with van der Waals surface area (Å²) in [5.74, 6) is 0.862. The molecule has 0 spiro atoms. The average molecular weight is 303 g/mol. The predicted octanol–water partition coefficient (Wildman–Crippen LogP) is 3.96. The maximum absolute atomic E-state index is 12.1. The van der Waals surface area contributed by atoms with Crippen LogP contribution in [0.1, 0.15) is 37.3 Å². The van der Waals surface area contributed by atoms with Gasteiger partial charge < -0.3 is 10.1 Å². The Hall–Kier alpha value is -1.81. The second kappa shape index (κ2) is 7.27. The first-order valence-corrected chi connectivity index (χ1v) is 8.01. The third-order valence-electron chi connectivity index (χ3n) is 3.04. The summed E-state index contributed by atoms with van der Waals surface area (Å²) in [5.41, 5.74) is 1.01. The molecule has 0 aliphatic carbocycles. The lowest BCUT2D eigenvalue weighted by Crippen LogP contribution is -2.28. The molecule has 1 aromatic carbocycles. The van der Waals surface area contributed by atoms with E-state index in [0.29, 0.717) is 6.42 Å². The van der Waals surface area contributed by atoms with Crippen molar-refractivity contribution in [3.8, 4) is 5.75 Å². The van der Waals surface area contributed by atoms with Crippen LogP contribution in [0.2, 0.25) is 0 Å². The molecular formula is C17H21NO2S. The number of thiophene rings is 1. The SMILES string of the molecule is CC(C)Oc1ccccc1[C@@H](C)NC(=O)Cc1cccs1. The summed E-state index contributed by atoms with van der Waals surface area (Å²) >= 11 is 1.60. The summed E-state index contributed by atoms with van der Waals surface area (Å²) in [6.45, 7) is 5.97. The van der Waals surface area contributed by atoms with Gasteiger partial charge in [0.1, 0.15) is 5.75 Å². The maximum Gasteiger partial charge on any atom is 0.225 e. The molecule has 0 radical (unpaired) electrons. The Morgan fingerprint density at radius 2 is 1.95 bits per heavy atom. The lowest BCUT2D eigenvalue weighted by Gasteiger charge is -2.19. The molecule has 0 unspecified atom stereocenters. The van der Waals surface area contributed by atoms with Crippen LogP contribution in [0.5, 0.6) is 5.75 Å². The third kappa shape index (κ3) is 4.60. The Morgan fingerprint density at radius 3 is 2.62 bits per heavy atom. The summed E-state index contributed by atoms with van der Waals surface area (Å²) < 4.78 is 5.80. The molecule has 2 aromatic rings. The molecule has 0 aliphatic heterocycles. The molecule has 0 saturated heterocycles. The largest absolute Gasteiger partial charge is 0.491 e. The number of carbonyl (C=O) groups is 1. The molecule has 0 fully saturated rings. The predicted molar refractivity (Wildman–Crippen MR) is 86.8 cm³/mol. The highest BCUT2D eigenvalue weighted by Crippen LogP contribution is 2.25. The summed E-state index contributed by atoms with van der Waals surface area (Å²) in [5, 5.41) is 5.02. The van der Waals surface area contributed by atoms with E-state index < -0.39 is 0 Å². The Balaban J connectivity index is 2.02. The molecular weight excluding hydrogens is 282 g/mol. The number of ether oxygens (including phenoxy) is 1. The zero-order valence-corrected chi connectivity index (χ0v) is 13.4. The van der Waals surface area contributed by atoms with E-state index >= 15 is 0 Å². The van der Waals surface area contributed by atoms with Crippen molar-refractivity contribution in [1.82, 2.24) is 5.32 Å². The van der Waals surface area contributed by atoms with Crippen LogP contribution in [0.15, 0.2) is 41.8 Å². The highest BCUT2D eigenvalue weighted by Gasteiger charge is 2.15. The highest BCUT2D eigenvalue weighted by atomic mass is 32.1. The van der Waals surface area contributed by atoms with Crippen molar-refractivity contribution in [2.45, 2.75) is 39.3 Å². The van der Waals surface area contributed by atoms with E-state index in [1.807, 2.05) is 62.5 Å². The molecule has 112 valence electrons. The van der Waals surface area contributed by atoms with Crippen molar-refractivity contribution in [1.29, 1.82) is 0 Å². The van der Waals surface area contributed by atoms with E-state index in [1.165, 1.54) is 0 Å². The normalized spacial score (nSPS) is 12.2. The van der Waals surface area contributed by atoms with E-state index in [9.17, 15) is 4.79 Å². The van der Waals surface area contributed by atoms with Gasteiger partial charge in [-0.05, 0) is 38.3 Å². The highest BCUT2D eigenvalue weighted by molar-refractivity contribution is 7.10. The van der Waals surface area contributed by atoms with Gasteiger partial charge in [-0.2, -0.15) is 0 Å². The number of carbonyl (C=O) groups excluding carboxylic acids is 1. The smallest absolute Gasteiger partial charge is 0.225 e. The van der Waals surface area contributed by atoms with Crippen molar-refractivity contribution >= 4 is 17.2 Å². The van der Waals surface area contributed by atoms with Crippen molar-refractivity contribution in [3.05, 3.63) is 52.2 Å². The van der Waals surface area contributed by atoms with E-state index in [0.717, 1.165) is 16.2 Å². The number of hydrogen-bond acceptors (Lipinski definition) is 3. The maximum atomic E-state index is 12.1. The minimum absolute atomic E-state index is 0.0318. The number of benzene rings is 1. The second-order valence-corrected chi connectivity index (χ2v) is 6.28. The first kappa shape index (κ1) is 15.6. The summed E-state index contributed by atoms with van der Waals surface area (Å²) in [7, 11) is 0. The number of amides is 1. The fourth-order valence-corrected chi connectivity index (χ4v) is 2.84. The van der Waals surface area contributed by atoms with Gasteiger partial charge in [0, 0.05) is 10.4 Å². The van der Waals surface area contributed by atoms with Gasteiger partial charge in [-0.15, -0.1) is 11.3 Å². The molecule has 21 heavy (non-hydrogen) atoms. The van der Waals surface area contributed by atoms with Crippen LogP contribution in [-0.2, 0) is 11.2 Å². The molecule has 0 aliphatic rings. The Labute approximate surface area is 130 Å². The quantitative estimate of drug-likeness (QED) is 0.877. The van der Waals surface area contributed by atoms with Gasteiger partial charge in [-0.3, -0.25) is 4.79 Å². The van der Waals surface area contributed by atoms with Crippen molar-refractivity contribution in [2.24, 2.45) is 0 Å². The fraction of sp³-hybridized carbons (Fsp3) is 0.353. The van der Waals surface area contributed by atoms with Crippen LogP contribution in [0, 0.1) is 0 Å². The third-order valence-corrected chi connectivity index (χ3v) is 3.92. The summed E-state index contributed by atoms with van der Waals surface area (Å²) in [4.78, 5) is 13.2. The van der Waals surface area contributed by atoms with Gasteiger partial charge in [-0.25, -0.2) is 0 Å². The van der Waals surface area contributed by atoms with Crippen LogP contribution in [0.3, 0.4) is 0 Å². The molecule has 3 nitrogen and oxygen atoms in total. The topological polar surface area (TPSA) is 38.3 Å². The minimum Gasteiger partial charge on any atom is -0.491 e. The standard InChI is InChI=1S/C17H21NO2S/c1-12(2)20-16-9-5-4-8-15(16)13(3)18-17(19)11-14-7-6-10-21-14/h4-10,12-13H,11H2,1-3H3,(H,18,19)/t13-/m1/s1. The van der Waals surface area contributed by atoms with Crippen LogP contribution >= 0.6 is 11.3 Å². The molecule has 0 saturated carbocycles. The number of hydrogen-bond donors (Lipinski definition) is 1. The van der Waals surface area contributed by atoms with Crippen LogP contribution in [0.4, 0.5) is 0 Å². The minimum atomic E-state index is -0.0765. The average Bonchev–Trinajstić information content (AvgIpc) is 2.91. The molecule has 0 bridgehead atoms. The summed E-state index contributed by atoms with van der Waals surface area (Å²) in [6, 6.07) is 11.7. The van der Waals surface area contributed by atoms with Crippen LogP contribution < -0.4 is 10.1 Å². The lowest BCUT2D eigenvalue weighted by molar-refractivity contribution is -0.121. The zero-order chi connectivity index (χ0) is 15.2. The van der Waals surface area contributed by atoms with Gasteiger partial charge >= 0.3 is 0 Å². The Bertz CT molecular complexity index is 578. The lowest BCUT2D eigenvalue weighted by atomic mass is 10.1. The van der Waals surface area contributed by atoms with E-state index in [1.54, 1.807) is 11.3 Å². The van der Waals surface area contributed by atoms with Crippen molar-refractivity contribution < 1.29 is 9.53 Å². The van der Waals surface area contributed by atoms with E-state index in [4.69, 9.17) is 4.74 Å². The first-order chi connectivity index (χ1) is 10.1. The van der Waals surface area contributed by atoms with E-state index in [-0.39, 0.29) is 18.1 Å². The van der Waals surface area contributed by atoms with Crippen LogP contribution in [0.25, 0.3) is 0 Å². The van der Waals surface area contributed by atoms with E-state index in [2.05, 4.69) is 5.32 Å². The zero-order valence-electron chi connectivity index (χ0n) is 12.6. The molecule has 1 atom stereocenters. The van der Waals surface area contributed by atoms with Gasteiger partial charge in [0.25, 0.3) is 0 Å². The monoisotopic (exact) mass is 303 g/mol. The molecule has 1 heterocycles. The fourth-order valence-electron chi connectivity index (χ4n) is 2.14. The van der Waals surface area contributed by atoms with Gasteiger partial charge in [-0.1, -0.05) is 24.3 Å². The van der Waals surface area contributed by atoms with Crippen molar-refractivity contribution in [2.75, 3.05) is 0 Å².